The SMILES string of the molecule is CS/C(SCC(=N)N)=C(/C)S(=O)c1cccc(-c2ccc(NC(N)=NCCc3ccccc3)cc2C)c1. The minimum atomic E-state index is -1.31. The van der Waals surface area contributed by atoms with E-state index in [-0.39, 0.29) is 5.84 Å². The van der Waals surface area contributed by atoms with Crippen molar-refractivity contribution in [3.8, 4) is 11.1 Å². The van der Waals surface area contributed by atoms with Gasteiger partial charge in [-0.1, -0.05) is 48.5 Å². The van der Waals surface area contributed by atoms with Crippen molar-refractivity contribution in [1.29, 1.82) is 5.41 Å². The third kappa shape index (κ3) is 8.52. The molecule has 3 aromatic carbocycles. The molecule has 0 fully saturated rings. The topological polar surface area (TPSA) is 117 Å². The fourth-order valence-electron chi connectivity index (χ4n) is 3.68. The van der Waals surface area contributed by atoms with E-state index in [9.17, 15) is 4.21 Å². The lowest BCUT2D eigenvalue weighted by Crippen LogP contribution is -2.23. The summed E-state index contributed by atoms with van der Waals surface area (Å²) in [5.41, 5.74) is 16.8. The van der Waals surface area contributed by atoms with Crippen LogP contribution in [0.4, 0.5) is 5.69 Å². The number of nitrogens with zero attached hydrogens (tertiary/aromatic N) is 1. The highest BCUT2D eigenvalue weighted by molar-refractivity contribution is 8.22. The lowest BCUT2D eigenvalue weighted by Gasteiger charge is -2.13. The Hall–Kier alpha value is -3.01. The van der Waals surface area contributed by atoms with Crippen LogP contribution in [0.1, 0.15) is 18.1 Å². The Balaban J connectivity index is 1.72. The standard InChI is InChI=1S/C28H33N5OS3/c1-19-16-23(33-28(31)32-15-14-21-8-5-4-6-9-21)12-13-25(19)22-10-7-11-24(17-22)37(34)20(2)27(35-3)36-18-26(29)30/h4-13,16-17H,14-15,18H2,1-3H3,(H3,29,30)(H3,31,32,33)/b27-20+. The molecule has 6 nitrogen and oxygen atoms in total. The Morgan fingerprint density at radius 2 is 1.81 bits per heavy atom. The van der Waals surface area contributed by atoms with Gasteiger partial charge in [0.1, 0.15) is 5.84 Å². The van der Waals surface area contributed by atoms with Gasteiger partial charge in [-0.05, 0) is 73.0 Å². The van der Waals surface area contributed by atoms with Crippen molar-refractivity contribution < 1.29 is 4.21 Å². The summed E-state index contributed by atoms with van der Waals surface area (Å²) in [6.07, 6.45) is 2.78. The molecule has 0 aliphatic carbocycles. The largest absolute Gasteiger partial charge is 0.387 e. The molecule has 37 heavy (non-hydrogen) atoms. The number of rotatable bonds is 11. The van der Waals surface area contributed by atoms with Gasteiger partial charge in [0.05, 0.1) is 20.8 Å². The molecule has 0 heterocycles. The second-order valence-electron chi connectivity index (χ2n) is 8.32. The molecule has 3 rings (SSSR count). The van der Waals surface area contributed by atoms with Crippen molar-refractivity contribution in [2.45, 2.75) is 25.2 Å². The van der Waals surface area contributed by atoms with Gasteiger partial charge in [-0.25, -0.2) is 4.21 Å². The molecule has 0 amide bonds. The number of guanidine groups is 1. The summed E-state index contributed by atoms with van der Waals surface area (Å²) in [5.74, 6) is 0.868. The Morgan fingerprint density at radius 1 is 1.05 bits per heavy atom. The third-order valence-corrected chi connectivity index (χ3v) is 9.75. The minimum Gasteiger partial charge on any atom is -0.387 e. The number of thioether (sulfide) groups is 2. The van der Waals surface area contributed by atoms with Crippen LogP contribution >= 0.6 is 23.5 Å². The fraction of sp³-hybridized carbons (Fsp3) is 0.214. The maximum Gasteiger partial charge on any atom is 0.193 e. The molecule has 9 heteroatoms. The van der Waals surface area contributed by atoms with Crippen molar-refractivity contribution in [3.05, 3.63) is 93.1 Å². The van der Waals surface area contributed by atoms with E-state index >= 15 is 0 Å². The van der Waals surface area contributed by atoms with Crippen LogP contribution in [0.15, 0.2) is 91.8 Å². The molecule has 0 aliphatic rings. The van der Waals surface area contributed by atoms with Gasteiger partial charge in [0.25, 0.3) is 0 Å². The van der Waals surface area contributed by atoms with Crippen LogP contribution in [0, 0.1) is 12.3 Å². The van der Waals surface area contributed by atoms with E-state index in [1.54, 1.807) is 0 Å². The zero-order valence-corrected chi connectivity index (χ0v) is 23.7. The highest BCUT2D eigenvalue weighted by Crippen LogP contribution is 2.34. The Bertz CT molecular complexity index is 1320. The molecule has 0 aromatic heterocycles. The summed E-state index contributed by atoms with van der Waals surface area (Å²) in [4.78, 5) is 5.95. The summed E-state index contributed by atoms with van der Waals surface area (Å²) in [7, 11) is -1.31. The van der Waals surface area contributed by atoms with Crippen molar-refractivity contribution in [2.24, 2.45) is 16.5 Å². The van der Waals surface area contributed by atoms with Crippen molar-refractivity contribution in [3.63, 3.8) is 0 Å². The van der Waals surface area contributed by atoms with Crippen LogP contribution in [0.2, 0.25) is 0 Å². The Labute approximate surface area is 230 Å². The summed E-state index contributed by atoms with van der Waals surface area (Å²) >= 11 is 2.97. The number of nitrogens with two attached hydrogens (primary N) is 2. The first-order valence-electron chi connectivity index (χ1n) is 11.7. The van der Waals surface area contributed by atoms with Crippen LogP contribution in [0.5, 0.6) is 0 Å². The molecule has 0 bridgehead atoms. The van der Waals surface area contributed by atoms with Crippen molar-refractivity contribution in [2.75, 3.05) is 23.9 Å². The number of nitrogens with one attached hydrogen (secondary N) is 2. The molecule has 0 aliphatic heterocycles. The number of benzene rings is 3. The molecule has 0 radical (unpaired) electrons. The maximum absolute atomic E-state index is 13.3. The second kappa shape index (κ2) is 14.1. The normalized spacial score (nSPS) is 13.1. The predicted molar refractivity (Wildman–Crippen MR) is 164 cm³/mol. The van der Waals surface area contributed by atoms with Crippen LogP contribution in [0.25, 0.3) is 11.1 Å². The van der Waals surface area contributed by atoms with Gasteiger partial charge >= 0.3 is 0 Å². The van der Waals surface area contributed by atoms with Crippen LogP contribution in [0.3, 0.4) is 0 Å². The van der Waals surface area contributed by atoms with Gasteiger partial charge in [0.2, 0.25) is 0 Å². The van der Waals surface area contributed by atoms with E-state index in [2.05, 4.69) is 22.4 Å². The van der Waals surface area contributed by atoms with Crippen molar-refractivity contribution in [1.82, 2.24) is 0 Å². The van der Waals surface area contributed by atoms with E-state index < -0.39 is 10.8 Å². The Morgan fingerprint density at radius 3 is 2.49 bits per heavy atom. The summed E-state index contributed by atoms with van der Waals surface area (Å²) in [6.45, 7) is 4.53. The van der Waals surface area contributed by atoms with Gasteiger partial charge < -0.3 is 16.8 Å². The Kier molecular flexibility index (Phi) is 10.9. The van der Waals surface area contributed by atoms with Crippen molar-refractivity contribution >= 4 is 51.8 Å². The van der Waals surface area contributed by atoms with Gasteiger partial charge in [-0.2, -0.15) is 0 Å². The van der Waals surface area contributed by atoms with Gasteiger partial charge in [-0.3, -0.25) is 10.4 Å². The van der Waals surface area contributed by atoms with Gasteiger partial charge in [0, 0.05) is 22.0 Å². The average Bonchev–Trinajstić information content (AvgIpc) is 2.89. The molecule has 6 N–H and O–H groups in total. The number of hydrogen-bond acceptors (Lipinski definition) is 5. The van der Waals surface area contributed by atoms with Gasteiger partial charge in [-0.15, -0.1) is 23.5 Å². The van der Waals surface area contributed by atoms with E-state index in [0.29, 0.717) is 18.3 Å². The fourth-order valence-corrected chi connectivity index (χ4v) is 6.93. The van der Waals surface area contributed by atoms with E-state index in [1.807, 2.05) is 80.8 Å². The third-order valence-electron chi connectivity index (χ3n) is 5.49. The number of aliphatic imine (C=N–C) groups is 1. The number of amidine groups is 1. The molecule has 0 saturated heterocycles. The van der Waals surface area contributed by atoms with Gasteiger partial charge in [0.15, 0.2) is 5.96 Å². The molecule has 0 saturated carbocycles. The zero-order chi connectivity index (χ0) is 26.8. The number of aryl methyl sites for hydroxylation is 1. The van der Waals surface area contributed by atoms with E-state index in [1.165, 1.54) is 29.1 Å². The molecule has 0 spiro atoms. The lowest BCUT2D eigenvalue weighted by atomic mass is 10.00. The molecule has 3 aromatic rings. The molecular weight excluding hydrogens is 519 g/mol. The predicted octanol–water partition coefficient (Wildman–Crippen LogP) is 5.96. The number of hydrogen-bond donors (Lipinski definition) is 4. The molecule has 194 valence electrons. The smallest absolute Gasteiger partial charge is 0.193 e. The zero-order valence-electron chi connectivity index (χ0n) is 21.3. The van der Waals surface area contributed by atoms with Crippen LogP contribution in [-0.2, 0) is 17.2 Å². The number of anilines is 1. The lowest BCUT2D eigenvalue weighted by molar-refractivity contribution is 0.687. The summed E-state index contributed by atoms with van der Waals surface area (Å²) in [6, 6.07) is 24.1. The molecule has 1 unspecified atom stereocenters. The van der Waals surface area contributed by atoms with E-state index in [0.717, 1.165) is 42.8 Å². The molecule has 1 atom stereocenters. The van der Waals surface area contributed by atoms with E-state index in [4.69, 9.17) is 16.9 Å². The average molecular weight is 552 g/mol. The first-order chi connectivity index (χ1) is 17.8. The molecular formula is C28H33N5OS3. The first-order valence-corrected chi connectivity index (χ1v) is 15.1. The monoisotopic (exact) mass is 551 g/mol. The summed E-state index contributed by atoms with van der Waals surface area (Å²) in [5, 5.41) is 10.6. The quantitative estimate of drug-likeness (QED) is 0.173. The second-order valence-corrected chi connectivity index (χ2v) is 12.0. The highest BCUT2D eigenvalue weighted by atomic mass is 32.2. The van der Waals surface area contributed by atoms with Crippen LogP contribution in [-0.4, -0.2) is 34.6 Å². The highest BCUT2D eigenvalue weighted by Gasteiger charge is 2.14. The minimum absolute atomic E-state index is 0.103. The maximum atomic E-state index is 13.3. The first kappa shape index (κ1) is 28.6. The summed E-state index contributed by atoms with van der Waals surface area (Å²) < 4.78 is 14.2. The number of allylic oxidation sites excluding steroid dienone is 1. The van der Waals surface area contributed by atoms with Crippen LogP contribution < -0.4 is 16.8 Å².